The Hall–Kier alpha value is -0.830. The highest BCUT2D eigenvalue weighted by Crippen LogP contribution is 1.94. The summed E-state index contributed by atoms with van der Waals surface area (Å²) in [7, 11) is 3.05. The maximum atomic E-state index is 10.9. The topological polar surface area (TPSA) is 29.5 Å². The first-order valence-corrected chi connectivity index (χ1v) is 3.14. The average Bonchev–Trinajstić information content (AvgIpc) is 1.98. The van der Waals surface area contributed by atoms with Crippen molar-refractivity contribution in [2.24, 2.45) is 0 Å². The molecule has 0 aromatic heterocycles. The van der Waals surface area contributed by atoms with E-state index in [1.165, 1.54) is 12.2 Å². The third-order valence-corrected chi connectivity index (χ3v) is 1.19. The second-order valence-electron chi connectivity index (χ2n) is 1.90. The first kappa shape index (κ1) is 9.17. The van der Waals surface area contributed by atoms with Crippen molar-refractivity contribution in [3.63, 3.8) is 0 Å². The summed E-state index contributed by atoms with van der Waals surface area (Å²) in [5, 5.41) is 1.21. The minimum Gasteiger partial charge on any atom is -0.275 e. The number of hydrogen-bond donors (Lipinski definition) is 0. The highest BCUT2D eigenvalue weighted by Gasteiger charge is 2.04. The number of carbonyl (C=O) groups excluding carboxylic acids is 1. The quantitative estimate of drug-likeness (QED) is 0.433. The first-order chi connectivity index (χ1) is 4.72. The number of carbonyl (C=O) groups is 1. The van der Waals surface area contributed by atoms with Crippen LogP contribution in [0.2, 0.25) is 0 Å². The van der Waals surface area contributed by atoms with Crippen LogP contribution in [0.5, 0.6) is 0 Å². The Bertz CT molecular complexity index is 123. The normalized spacial score (nSPS) is 9.00. The van der Waals surface area contributed by atoms with E-state index in [-0.39, 0.29) is 5.91 Å². The van der Waals surface area contributed by atoms with E-state index in [0.29, 0.717) is 12.8 Å². The van der Waals surface area contributed by atoms with Gasteiger partial charge in [0.15, 0.2) is 0 Å². The minimum absolute atomic E-state index is 0.0256. The molecule has 0 radical (unpaired) electrons. The van der Waals surface area contributed by atoms with Crippen molar-refractivity contribution >= 4 is 5.91 Å². The molecule has 0 N–H and O–H groups in total. The predicted molar refractivity (Wildman–Crippen MR) is 39.2 cm³/mol. The molecule has 10 heavy (non-hydrogen) atoms. The van der Waals surface area contributed by atoms with E-state index >= 15 is 0 Å². The Labute approximate surface area is 61.2 Å². The standard InChI is InChI=1S/C7H13NO2/c1-4-5-6-7(9)8(2)10-3/h4H,1,5-6H2,2-3H3. The molecule has 3 heteroatoms. The Morgan fingerprint density at radius 2 is 2.40 bits per heavy atom. The summed E-state index contributed by atoms with van der Waals surface area (Å²) in [6, 6.07) is 0. The van der Waals surface area contributed by atoms with Crippen LogP contribution in [0.25, 0.3) is 0 Å². The SMILES string of the molecule is C=CCCC(=O)N(C)OC. The molecule has 0 aromatic rings. The van der Waals surface area contributed by atoms with Gasteiger partial charge in [-0.2, -0.15) is 0 Å². The Morgan fingerprint density at radius 1 is 1.80 bits per heavy atom. The lowest BCUT2D eigenvalue weighted by molar-refractivity contribution is -0.168. The molecule has 3 nitrogen and oxygen atoms in total. The molecule has 0 aliphatic rings. The first-order valence-electron chi connectivity index (χ1n) is 3.14. The molecule has 0 aliphatic heterocycles. The average molecular weight is 143 g/mol. The van der Waals surface area contributed by atoms with Gasteiger partial charge in [-0.05, 0) is 6.42 Å². The zero-order valence-corrected chi connectivity index (χ0v) is 6.46. The second-order valence-corrected chi connectivity index (χ2v) is 1.90. The second kappa shape index (κ2) is 4.99. The Morgan fingerprint density at radius 3 is 2.80 bits per heavy atom. The molecule has 0 aromatic carbocycles. The molecule has 1 amide bonds. The zero-order valence-electron chi connectivity index (χ0n) is 6.46. The van der Waals surface area contributed by atoms with Gasteiger partial charge in [-0.15, -0.1) is 6.58 Å². The summed E-state index contributed by atoms with van der Waals surface area (Å²) in [5.41, 5.74) is 0. The van der Waals surface area contributed by atoms with Crippen molar-refractivity contribution in [1.82, 2.24) is 5.06 Å². The summed E-state index contributed by atoms with van der Waals surface area (Å²) in [5.74, 6) is -0.0256. The van der Waals surface area contributed by atoms with Gasteiger partial charge in [0.25, 0.3) is 0 Å². The smallest absolute Gasteiger partial charge is 0.246 e. The molecule has 0 saturated heterocycles. The van der Waals surface area contributed by atoms with Crippen molar-refractivity contribution < 1.29 is 9.63 Å². The van der Waals surface area contributed by atoms with Crippen LogP contribution in [-0.2, 0) is 9.63 Å². The number of amides is 1. The number of rotatable bonds is 4. The fraction of sp³-hybridized carbons (Fsp3) is 0.571. The number of hydroxylamine groups is 2. The summed E-state index contributed by atoms with van der Waals surface area (Å²) < 4.78 is 0. The van der Waals surface area contributed by atoms with Gasteiger partial charge in [-0.3, -0.25) is 9.63 Å². The van der Waals surface area contributed by atoms with E-state index < -0.39 is 0 Å². The predicted octanol–water partition coefficient (Wildman–Crippen LogP) is 0.972. The van der Waals surface area contributed by atoms with Gasteiger partial charge in [0.1, 0.15) is 0 Å². The van der Waals surface area contributed by atoms with Gasteiger partial charge in [-0.1, -0.05) is 6.08 Å². The summed E-state index contributed by atoms with van der Waals surface area (Å²) in [6.45, 7) is 3.51. The number of nitrogens with zero attached hydrogens (tertiary/aromatic N) is 1. The molecule has 58 valence electrons. The molecule has 0 heterocycles. The zero-order chi connectivity index (χ0) is 7.98. The molecule has 0 rings (SSSR count). The molecular formula is C7H13NO2. The van der Waals surface area contributed by atoms with Gasteiger partial charge < -0.3 is 0 Å². The van der Waals surface area contributed by atoms with Crippen LogP contribution in [0.15, 0.2) is 12.7 Å². The van der Waals surface area contributed by atoms with Gasteiger partial charge in [0.05, 0.1) is 7.11 Å². The van der Waals surface area contributed by atoms with E-state index in [9.17, 15) is 4.79 Å². The third kappa shape index (κ3) is 3.25. The van der Waals surface area contributed by atoms with Crippen LogP contribution in [0.4, 0.5) is 0 Å². The van der Waals surface area contributed by atoms with Gasteiger partial charge in [0.2, 0.25) is 5.91 Å². The third-order valence-electron chi connectivity index (χ3n) is 1.19. The molecule has 0 unspecified atom stereocenters. The maximum absolute atomic E-state index is 10.9. The summed E-state index contributed by atoms with van der Waals surface area (Å²) in [4.78, 5) is 15.5. The molecule has 0 saturated carbocycles. The Kier molecular flexibility index (Phi) is 4.58. The van der Waals surface area contributed by atoms with Crippen LogP contribution in [0, 0.1) is 0 Å². The fourth-order valence-corrected chi connectivity index (χ4v) is 0.485. The monoisotopic (exact) mass is 143 g/mol. The van der Waals surface area contributed by atoms with Gasteiger partial charge >= 0.3 is 0 Å². The summed E-state index contributed by atoms with van der Waals surface area (Å²) >= 11 is 0. The van der Waals surface area contributed by atoms with Crippen LogP contribution in [0.1, 0.15) is 12.8 Å². The van der Waals surface area contributed by atoms with E-state index in [4.69, 9.17) is 0 Å². The minimum atomic E-state index is -0.0256. The van der Waals surface area contributed by atoms with Gasteiger partial charge in [-0.25, -0.2) is 5.06 Å². The Balaban J connectivity index is 3.51. The van der Waals surface area contributed by atoms with E-state index in [1.807, 2.05) is 0 Å². The van der Waals surface area contributed by atoms with E-state index in [1.54, 1.807) is 13.1 Å². The molecule has 0 spiro atoms. The van der Waals surface area contributed by atoms with Gasteiger partial charge in [0, 0.05) is 13.5 Å². The fourth-order valence-electron chi connectivity index (χ4n) is 0.485. The highest BCUT2D eigenvalue weighted by molar-refractivity contribution is 5.74. The van der Waals surface area contributed by atoms with Crippen molar-refractivity contribution in [3.05, 3.63) is 12.7 Å². The molecule has 0 fully saturated rings. The molecular weight excluding hydrogens is 130 g/mol. The van der Waals surface area contributed by atoms with Crippen molar-refractivity contribution in [2.45, 2.75) is 12.8 Å². The number of allylic oxidation sites excluding steroid dienone is 1. The van der Waals surface area contributed by atoms with Crippen molar-refractivity contribution in [2.75, 3.05) is 14.2 Å². The lowest BCUT2D eigenvalue weighted by Crippen LogP contribution is -2.24. The van der Waals surface area contributed by atoms with Crippen LogP contribution < -0.4 is 0 Å². The molecule has 0 bridgehead atoms. The highest BCUT2D eigenvalue weighted by atomic mass is 16.7. The largest absolute Gasteiger partial charge is 0.275 e. The molecule has 0 aliphatic carbocycles. The van der Waals surface area contributed by atoms with Crippen molar-refractivity contribution in [1.29, 1.82) is 0 Å². The maximum Gasteiger partial charge on any atom is 0.246 e. The lowest BCUT2D eigenvalue weighted by atomic mass is 10.3. The van der Waals surface area contributed by atoms with Crippen LogP contribution in [0.3, 0.4) is 0 Å². The van der Waals surface area contributed by atoms with E-state index in [0.717, 1.165) is 0 Å². The van der Waals surface area contributed by atoms with Crippen LogP contribution in [-0.4, -0.2) is 25.1 Å². The van der Waals surface area contributed by atoms with E-state index in [2.05, 4.69) is 11.4 Å². The number of hydrogen-bond acceptors (Lipinski definition) is 2. The summed E-state index contributed by atoms with van der Waals surface area (Å²) in [6.07, 6.45) is 2.88. The lowest BCUT2D eigenvalue weighted by Gasteiger charge is -2.12. The van der Waals surface area contributed by atoms with Crippen molar-refractivity contribution in [3.8, 4) is 0 Å². The van der Waals surface area contributed by atoms with Crippen LogP contribution >= 0.6 is 0 Å². The molecule has 0 atom stereocenters.